The highest BCUT2D eigenvalue weighted by Crippen LogP contribution is 2.28. The second-order valence-corrected chi connectivity index (χ2v) is 7.98. The van der Waals surface area contributed by atoms with Crippen LogP contribution in [0, 0.1) is 6.92 Å². The highest BCUT2D eigenvalue weighted by atomic mass is 16.2. The monoisotopic (exact) mass is 413 g/mol. The van der Waals surface area contributed by atoms with Crippen molar-refractivity contribution in [3.8, 4) is 0 Å². The molecular formula is C20H27N7O3. The summed E-state index contributed by atoms with van der Waals surface area (Å²) in [6.45, 7) is 5.47. The summed E-state index contributed by atoms with van der Waals surface area (Å²) in [7, 11) is 1.66. The summed E-state index contributed by atoms with van der Waals surface area (Å²) in [4.78, 5) is 48.5. The number of nitrogens with zero attached hydrogens (tertiary/aromatic N) is 5. The molecule has 0 aliphatic carbocycles. The van der Waals surface area contributed by atoms with Crippen molar-refractivity contribution in [2.24, 2.45) is 10.7 Å². The minimum absolute atomic E-state index is 0.234. The molecule has 4 rings (SSSR count). The van der Waals surface area contributed by atoms with Crippen LogP contribution in [0.2, 0.25) is 0 Å². The van der Waals surface area contributed by atoms with Gasteiger partial charge in [0.1, 0.15) is 0 Å². The van der Waals surface area contributed by atoms with E-state index in [0.29, 0.717) is 38.7 Å². The van der Waals surface area contributed by atoms with E-state index >= 15 is 0 Å². The lowest BCUT2D eigenvalue weighted by atomic mass is 10.1. The van der Waals surface area contributed by atoms with Crippen molar-refractivity contribution in [3.63, 3.8) is 0 Å². The molecule has 3 aliphatic heterocycles. The minimum Gasteiger partial charge on any atom is -0.369 e. The van der Waals surface area contributed by atoms with Gasteiger partial charge >= 0.3 is 6.03 Å². The number of aryl methyl sites for hydroxylation is 1. The molecule has 2 unspecified atom stereocenters. The summed E-state index contributed by atoms with van der Waals surface area (Å²) in [6, 6.07) is 7.03. The Labute approximate surface area is 175 Å². The number of primary amides is 1. The lowest BCUT2D eigenvalue weighted by molar-refractivity contribution is -0.127. The van der Waals surface area contributed by atoms with Crippen LogP contribution in [0.5, 0.6) is 0 Å². The number of nitrogens with two attached hydrogens (primary N) is 1. The summed E-state index contributed by atoms with van der Waals surface area (Å²) in [5.41, 5.74) is 7.55. The van der Waals surface area contributed by atoms with Gasteiger partial charge in [0.25, 0.3) is 5.91 Å². The van der Waals surface area contributed by atoms with Gasteiger partial charge in [-0.1, -0.05) is 24.3 Å². The van der Waals surface area contributed by atoms with Gasteiger partial charge in [-0.25, -0.2) is 9.79 Å². The van der Waals surface area contributed by atoms with Crippen molar-refractivity contribution in [2.75, 3.05) is 39.8 Å². The molecule has 0 saturated carbocycles. The van der Waals surface area contributed by atoms with Crippen molar-refractivity contribution in [1.29, 1.82) is 0 Å². The summed E-state index contributed by atoms with van der Waals surface area (Å²) in [6.07, 6.45) is -0.561. The van der Waals surface area contributed by atoms with Gasteiger partial charge in [-0.3, -0.25) is 19.8 Å². The van der Waals surface area contributed by atoms with Crippen LogP contribution in [0.25, 0.3) is 0 Å². The van der Waals surface area contributed by atoms with E-state index in [1.807, 2.05) is 41.0 Å². The number of carbonyl (C=O) groups excluding carboxylic acids is 3. The van der Waals surface area contributed by atoms with E-state index in [1.165, 1.54) is 4.90 Å². The Morgan fingerprint density at radius 2 is 1.90 bits per heavy atom. The molecule has 2 saturated heterocycles. The summed E-state index contributed by atoms with van der Waals surface area (Å²) >= 11 is 0. The number of piperazine rings is 1. The number of aliphatic imine (C=N–C) groups is 1. The molecule has 2 atom stereocenters. The molecule has 4 amide bonds. The average molecular weight is 413 g/mol. The first kappa shape index (κ1) is 20.1. The fourth-order valence-electron chi connectivity index (χ4n) is 4.24. The van der Waals surface area contributed by atoms with Gasteiger partial charge in [0, 0.05) is 39.8 Å². The largest absolute Gasteiger partial charge is 0.369 e. The number of carbonyl (C=O) groups is 3. The summed E-state index contributed by atoms with van der Waals surface area (Å²) in [5, 5.41) is 2.44. The highest BCUT2D eigenvalue weighted by molar-refractivity contribution is 6.03. The number of imide groups is 1. The topological polar surface area (TPSA) is 115 Å². The van der Waals surface area contributed by atoms with Crippen LogP contribution in [-0.4, -0.2) is 95.4 Å². The van der Waals surface area contributed by atoms with E-state index in [2.05, 4.69) is 10.2 Å². The fourth-order valence-corrected chi connectivity index (χ4v) is 4.24. The standard InChI is InChI=1S/C20H27N7O3/c1-13-5-3-4-6-14(13)11-27-16-17(24(2)20(30)23-18(16)29)22-19(27)26-9-7-25(8-10-26)12-15(21)28/h3-6,16-17H,7-12H2,1-2H3,(H2,21,28)(H,23,29,30). The van der Waals surface area contributed by atoms with E-state index in [4.69, 9.17) is 10.7 Å². The first-order valence-electron chi connectivity index (χ1n) is 10.1. The first-order valence-corrected chi connectivity index (χ1v) is 10.1. The number of likely N-dealkylation sites (N-methyl/N-ethyl adjacent to an activating group) is 1. The molecule has 3 heterocycles. The lowest BCUT2D eigenvalue weighted by Gasteiger charge is -2.40. The predicted molar refractivity (Wildman–Crippen MR) is 110 cm³/mol. The predicted octanol–water partition coefficient (Wildman–Crippen LogP) is -0.854. The van der Waals surface area contributed by atoms with Crippen LogP contribution >= 0.6 is 0 Å². The van der Waals surface area contributed by atoms with Crippen molar-refractivity contribution in [3.05, 3.63) is 35.4 Å². The maximum Gasteiger partial charge on any atom is 0.325 e. The van der Waals surface area contributed by atoms with E-state index < -0.39 is 18.2 Å². The molecule has 160 valence electrons. The summed E-state index contributed by atoms with van der Waals surface area (Å²) in [5.74, 6) is 0.0390. The molecule has 2 fully saturated rings. The van der Waals surface area contributed by atoms with Gasteiger partial charge in [0.15, 0.2) is 18.2 Å². The van der Waals surface area contributed by atoms with Gasteiger partial charge in [0.05, 0.1) is 6.54 Å². The number of rotatable bonds is 4. The lowest BCUT2D eigenvalue weighted by Crippen LogP contribution is -2.64. The van der Waals surface area contributed by atoms with Crippen LogP contribution in [-0.2, 0) is 16.1 Å². The molecule has 3 aliphatic rings. The van der Waals surface area contributed by atoms with Gasteiger partial charge in [-0.05, 0) is 18.1 Å². The molecule has 0 aromatic heterocycles. The van der Waals surface area contributed by atoms with E-state index in [0.717, 1.165) is 11.1 Å². The number of guanidine groups is 1. The van der Waals surface area contributed by atoms with Crippen molar-refractivity contribution in [2.45, 2.75) is 25.7 Å². The number of hydrogen-bond donors (Lipinski definition) is 2. The Hall–Kier alpha value is -3.14. The van der Waals surface area contributed by atoms with Gasteiger partial charge in [-0.2, -0.15) is 0 Å². The highest BCUT2D eigenvalue weighted by Gasteiger charge is 2.49. The van der Waals surface area contributed by atoms with Crippen molar-refractivity contribution in [1.82, 2.24) is 24.9 Å². The van der Waals surface area contributed by atoms with Gasteiger partial charge in [0.2, 0.25) is 5.91 Å². The molecule has 10 heteroatoms. The zero-order valence-electron chi connectivity index (χ0n) is 17.2. The fraction of sp³-hybridized carbons (Fsp3) is 0.500. The number of urea groups is 1. The third-order valence-electron chi connectivity index (χ3n) is 5.98. The maximum atomic E-state index is 12.8. The van der Waals surface area contributed by atoms with Gasteiger partial charge in [-0.15, -0.1) is 0 Å². The Bertz CT molecular complexity index is 894. The molecule has 3 N–H and O–H groups in total. The molecule has 1 aromatic carbocycles. The maximum absolute atomic E-state index is 12.8. The molecular weight excluding hydrogens is 386 g/mol. The quantitative estimate of drug-likeness (QED) is 0.664. The number of amides is 4. The van der Waals surface area contributed by atoms with Gasteiger partial charge < -0.3 is 20.4 Å². The number of hydrogen-bond acceptors (Lipinski definition) is 7. The van der Waals surface area contributed by atoms with E-state index in [1.54, 1.807) is 7.05 Å². The zero-order valence-corrected chi connectivity index (χ0v) is 17.2. The van der Waals surface area contributed by atoms with Crippen LogP contribution < -0.4 is 11.1 Å². The number of nitrogens with one attached hydrogen (secondary N) is 1. The normalized spacial score (nSPS) is 24.6. The minimum atomic E-state index is -0.578. The second-order valence-electron chi connectivity index (χ2n) is 7.98. The van der Waals surface area contributed by atoms with E-state index in [-0.39, 0.29) is 18.4 Å². The number of benzene rings is 1. The Morgan fingerprint density at radius 3 is 2.57 bits per heavy atom. The van der Waals surface area contributed by atoms with Crippen LogP contribution in [0.4, 0.5) is 4.79 Å². The first-order chi connectivity index (χ1) is 14.3. The Balaban J connectivity index is 1.60. The summed E-state index contributed by atoms with van der Waals surface area (Å²) < 4.78 is 0. The molecule has 1 aromatic rings. The second kappa shape index (κ2) is 7.94. The Kier molecular flexibility index (Phi) is 5.33. The van der Waals surface area contributed by atoms with Crippen molar-refractivity contribution >= 4 is 23.8 Å². The molecule has 0 bridgehead atoms. The SMILES string of the molecule is Cc1ccccc1CN1C(N2CCN(CC(N)=O)CC2)=NC2C1C(=O)NC(=O)N2C. The third-order valence-corrected chi connectivity index (χ3v) is 5.98. The number of fused-ring (bicyclic) bond motifs is 1. The van der Waals surface area contributed by atoms with Crippen LogP contribution in [0.15, 0.2) is 29.3 Å². The van der Waals surface area contributed by atoms with Crippen LogP contribution in [0.1, 0.15) is 11.1 Å². The average Bonchev–Trinajstić information content (AvgIpc) is 3.08. The van der Waals surface area contributed by atoms with Crippen molar-refractivity contribution < 1.29 is 14.4 Å². The van der Waals surface area contributed by atoms with E-state index in [9.17, 15) is 14.4 Å². The molecule has 0 spiro atoms. The van der Waals surface area contributed by atoms with Crippen LogP contribution in [0.3, 0.4) is 0 Å². The Morgan fingerprint density at radius 1 is 1.20 bits per heavy atom. The third kappa shape index (κ3) is 3.70. The smallest absolute Gasteiger partial charge is 0.325 e. The molecule has 10 nitrogen and oxygen atoms in total. The molecule has 0 radical (unpaired) electrons. The molecule has 30 heavy (non-hydrogen) atoms. The zero-order chi connectivity index (χ0) is 21.4.